The van der Waals surface area contributed by atoms with E-state index in [1.807, 2.05) is 24.3 Å². The molecule has 1 aromatic rings. The molecular weight excluding hydrogens is 216 g/mol. The smallest absolute Gasteiger partial charge is 0.226 e. The van der Waals surface area contributed by atoms with E-state index in [4.69, 9.17) is 5.11 Å². The molecule has 0 fully saturated rings. The Balaban J connectivity index is 2.13. The number of carbonyl (C=O) groups is 1. The number of rotatable bonds is 4. The van der Waals surface area contributed by atoms with E-state index >= 15 is 0 Å². The molecule has 0 aromatic heterocycles. The van der Waals surface area contributed by atoms with Crippen LogP contribution in [0.4, 0.5) is 11.4 Å². The van der Waals surface area contributed by atoms with Crippen LogP contribution in [0.15, 0.2) is 24.3 Å². The number of anilines is 2. The third-order valence-electron chi connectivity index (χ3n) is 2.96. The van der Waals surface area contributed by atoms with Crippen molar-refractivity contribution in [3.8, 4) is 0 Å². The molecule has 0 saturated carbocycles. The molecule has 2 rings (SSSR count). The van der Waals surface area contributed by atoms with Gasteiger partial charge in [0.15, 0.2) is 0 Å². The second-order valence-corrected chi connectivity index (χ2v) is 4.23. The lowest BCUT2D eigenvalue weighted by atomic mass is 10.2. The van der Waals surface area contributed by atoms with Gasteiger partial charge in [-0.15, -0.1) is 0 Å². The highest BCUT2D eigenvalue weighted by molar-refractivity contribution is 5.96. The maximum absolute atomic E-state index is 11.5. The summed E-state index contributed by atoms with van der Waals surface area (Å²) in [7, 11) is 0. The van der Waals surface area contributed by atoms with Crippen LogP contribution in [0.5, 0.6) is 0 Å². The second kappa shape index (κ2) is 5.68. The first-order chi connectivity index (χ1) is 8.31. The molecule has 1 aromatic carbocycles. The van der Waals surface area contributed by atoms with Gasteiger partial charge in [0.25, 0.3) is 0 Å². The van der Waals surface area contributed by atoms with E-state index in [0.29, 0.717) is 6.42 Å². The lowest BCUT2D eigenvalue weighted by molar-refractivity contribution is -0.115. The molecule has 0 saturated heterocycles. The molecule has 1 heterocycles. The van der Waals surface area contributed by atoms with Gasteiger partial charge < -0.3 is 15.3 Å². The normalized spacial score (nSPS) is 15.1. The Morgan fingerprint density at radius 1 is 1.29 bits per heavy atom. The van der Waals surface area contributed by atoms with E-state index in [9.17, 15) is 4.79 Å². The van der Waals surface area contributed by atoms with Gasteiger partial charge in [-0.1, -0.05) is 12.1 Å². The number of unbranched alkanes of at least 4 members (excludes halogenated alkanes) is 1. The van der Waals surface area contributed by atoms with Gasteiger partial charge in [-0.3, -0.25) is 4.79 Å². The Labute approximate surface area is 101 Å². The number of fused-ring (bicyclic) bond motifs is 1. The minimum Gasteiger partial charge on any atom is -0.396 e. The predicted octanol–water partition coefficient (Wildman–Crippen LogP) is 1.61. The van der Waals surface area contributed by atoms with Crippen LogP contribution in [0, 0.1) is 0 Å². The minimum absolute atomic E-state index is 0.0714. The zero-order valence-electron chi connectivity index (χ0n) is 9.85. The van der Waals surface area contributed by atoms with Gasteiger partial charge in [-0.2, -0.15) is 0 Å². The van der Waals surface area contributed by atoms with Crippen LogP contribution in [-0.4, -0.2) is 30.7 Å². The summed E-state index contributed by atoms with van der Waals surface area (Å²) < 4.78 is 0. The summed E-state index contributed by atoms with van der Waals surface area (Å²) in [5.41, 5.74) is 1.97. The molecule has 0 bridgehead atoms. The van der Waals surface area contributed by atoms with Gasteiger partial charge in [-0.05, 0) is 25.0 Å². The molecule has 0 atom stereocenters. The van der Waals surface area contributed by atoms with Gasteiger partial charge in [0.2, 0.25) is 5.91 Å². The quantitative estimate of drug-likeness (QED) is 0.778. The van der Waals surface area contributed by atoms with Crippen LogP contribution in [0.25, 0.3) is 0 Å². The molecule has 92 valence electrons. The molecule has 4 nitrogen and oxygen atoms in total. The number of para-hydroxylation sites is 2. The van der Waals surface area contributed by atoms with Crippen molar-refractivity contribution in [2.75, 3.05) is 29.9 Å². The SMILES string of the molecule is O=C1CCN(CCCCO)c2ccccc2N1. The van der Waals surface area contributed by atoms with Gasteiger partial charge in [-0.25, -0.2) is 0 Å². The zero-order valence-corrected chi connectivity index (χ0v) is 9.85. The maximum atomic E-state index is 11.5. The molecule has 1 aliphatic rings. The highest BCUT2D eigenvalue weighted by Gasteiger charge is 2.17. The molecule has 1 aliphatic heterocycles. The van der Waals surface area contributed by atoms with Gasteiger partial charge >= 0.3 is 0 Å². The molecule has 0 aliphatic carbocycles. The van der Waals surface area contributed by atoms with Crippen molar-refractivity contribution in [1.82, 2.24) is 0 Å². The third kappa shape index (κ3) is 2.97. The highest BCUT2D eigenvalue weighted by atomic mass is 16.2. The van der Waals surface area contributed by atoms with Crippen LogP contribution >= 0.6 is 0 Å². The van der Waals surface area contributed by atoms with E-state index in [1.54, 1.807) is 0 Å². The average molecular weight is 234 g/mol. The number of hydrogen-bond acceptors (Lipinski definition) is 3. The van der Waals surface area contributed by atoms with Crippen LogP contribution < -0.4 is 10.2 Å². The Morgan fingerprint density at radius 3 is 2.94 bits per heavy atom. The van der Waals surface area contributed by atoms with Crippen LogP contribution in [0.2, 0.25) is 0 Å². The lowest BCUT2D eigenvalue weighted by Gasteiger charge is -2.23. The first-order valence-electron chi connectivity index (χ1n) is 6.06. The fourth-order valence-electron chi connectivity index (χ4n) is 2.07. The molecule has 1 amide bonds. The number of aliphatic hydroxyl groups is 1. The van der Waals surface area contributed by atoms with Crippen molar-refractivity contribution in [1.29, 1.82) is 0 Å². The monoisotopic (exact) mass is 234 g/mol. The number of aliphatic hydroxyl groups excluding tert-OH is 1. The second-order valence-electron chi connectivity index (χ2n) is 4.23. The van der Waals surface area contributed by atoms with Crippen molar-refractivity contribution >= 4 is 17.3 Å². The molecule has 17 heavy (non-hydrogen) atoms. The van der Waals surface area contributed by atoms with E-state index in [-0.39, 0.29) is 12.5 Å². The summed E-state index contributed by atoms with van der Waals surface area (Å²) >= 11 is 0. The Kier molecular flexibility index (Phi) is 3.98. The molecule has 2 N–H and O–H groups in total. The summed E-state index contributed by atoms with van der Waals surface area (Å²) in [5.74, 6) is 0.0714. The topological polar surface area (TPSA) is 52.6 Å². The Morgan fingerprint density at radius 2 is 2.12 bits per heavy atom. The summed E-state index contributed by atoms with van der Waals surface area (Å²) in [4.78, 5) is 13.8. The number of nitrogens with zero attached hydrogens (tertiary/aromatic N) is 1. The number of nitrogens with one attached hydrogen (secondary N) is 1. The summed E-state index contributed by atoms with van der Waals surface area (Å²) in [6.45, 7) is 1.85. The Bertz CT molecular complexity index is 393. The highest BCUT2D eigenvalue weighted by Crippen LogP contribution is 2.28. The maximum Gasteiger partial charge on any atom is 0.226 e. The molecule has 0 unspecified atom stereocenters. The standard InChI is InChI=1S/C13H18N2O2/c16-10-4-3-8-15-9-7-13(17)14-11-5-1-2-6-12(11)15/h1-2,5-6,16H,3-4,7-10H2,(H,14,17). The van der Waals surface area contributed by atoms with Gasteiger partial charge in [0.1, 0.15) is 0 Å². The van der Waals surface area contributed by atoms with Crippen LogP contribution in [-0.2, 0) is 4.79 Å². The number of carbonyl (C=O) groups excluding carboxylic acids is 1. The number of benzene rings is 1. The lowest BCUT2D eigenvalue weighted by Crippen LogP contribution is -2.25. The van der Waals surface area contributed by atoms with E-state index in [1.165, 1.54) is 0 Å². The number of hydrogen-bond donors (Lipinski definition) is 2. The van der Waals surface area contributed by atoms with Crippen molar-refractivity contribution in [3.63, 3.8) is 0 Å². The Hall–Kier alpha value is -1.55. The first-order valence-corrected chi connectivity index (χ1v) is 6.06. The average Bonchev–Trinajstić information content (AvgIpc) is 2.49. The molecule has 4 heteroatoms. The van der Waals surface area contributed by atoms with Crippen LogP contribution in [0.3, 0.4) is 0 Å². The van der Waals surface area contributed by atoms with E-state index in [2.05, 4.69) is 10.2 Å². The van der Waals surface area contributed by atoms with Crippen molar-refractivity contribution in [2.45, 2.75) is 19.3 Å². The van der Waals surface area contributed by atoms with Crippen molar-refractivity contribution in [3.05, 3.63) is 24.3 Å². The first kappa shape index (κ1) is 11.9. The summed E-state index contributed by atoms with van der Waals surface area (Å²) in [6.07, 6.45) is 2.27. The van der Waals surface area contributed by atoms with Gasteiger partial charge in [0.05, 0.1) is 11.4 Å². The third-order valence-corrected chi connectivity index (χ3v) is 2.96. The molecular formula is C13H18N2O2. The summed E-state index contributed by atoms with van der Waals surface area (Å²) in [6, 6.07) is 7.86. The predicted molar refractivity (Wildman–Crippen MR) is 68.2 cm³/mol. The fourth-order valence-corrected chi connectivity index (χ4v) is 2.07. The zero-order chi connectivity index (χ0) is 12.1. The fraction of sp³-hybridized carbons (Fsp3) is 0.462. The van der Waals surface area contributed by atoms with Crippen LogP contribution in [0.1, 0.15) is 19.3 Å². The number of amides is 1. The minimum atomic E-state index is 0.0714. The summed E-state index contributed by atoms with van der Waals surface area (Å²) in [5, 5.41) is 11.7. The van der Waals surface area contributed by atoms with Gasteiger partial charge in [0, 0.05) is 26.1 Å². The van der Waals surface area contributed by atoms with Crippen molar-refractivity contribution < 1.29 is 9.90 Å². The van der Waals surface area contributed by atoms with E-state index < -0.39 is 0 Å². The molecule has 0 spiro atoms. The largest absolute Gasteiger partial charge is 0.396 e. The molecule has 0 radical (unpaired) electrons. The van der Waals surface area contributed by atoms with E-state index in [0.717, 1.165) is 37.3 Å². The van der Waals surface area contributed by atoms with Crippen molar-refractivity contribution in [2.24, 2.45) is 0 Å².